The second-order valence-corrected chi connectivity index (χ2v) is 5.88. The number of hydrogen-bond acceptors (Lipinski definition) is 5. The van der Waals surface area contributed by atoms with Gasteiger partial charge in [-0.3, -0.25) is 19.8 Å². The predicted molar refractivity (Wildman–Crippen MR) is 68.7 cm³/mol. The molecular formula is C13H17FN4O3. The van der Waals surface area contributed by atoms with E-state index in [4.69, 9.17) is 10.4 Å². The van der Waals surface area contributed by atoms with Gasteiger partial charge in [0.15, 0.2) is 0 Å². The van der Waals surface area contributed by atoms with Crippen molar-refractivity contribution in [2.75, 3.05) is 19.6 Å². The summed E-state index contributed by atoms with van der Waals surface area (Å²) in [4.78, 5) is 26.2. The van der Waals surface area contributed by atoms with Crippen LogP contribution < -0.4 is 5.32 Å². The molecule has 0 aromatic heterocycles. The first-order valence-corrected chi connectivity index (χ1v) is 7.06. The number of carboxylic acids is 1. The summed E-state index contributed by atoms with van der Waals surface area (Å²) in [5.74, 6) is -1.37. The lowest BCUT2D eigenvalue weighted by molar-refractivity contribution is -0.141. The second kappa shape index (κ2) is 5.24. The number of nitrogens with one attached hydrogen (secondary N) is 1. The van der Waals surface area contributed by atoms with Crippen LogP contribution in [0.5, 0.6) is 0 Å². The van der Waals surface area contributed by atoms with E-state index in [1.807, 2.05) is 11.0 Å². The molecule has 3 rings (SSSR count). The summed E-state index contributed by atoms with van der Waals surface area (Å²) in [7, 11) is 0. The molecule has 0 aliphatic carbocycles. The number of aliphatic carboxylic acids is 1. The van der Waals surface area contributed by atoms with Gasteiger partial charge in [0, 0.05) is 19.0 Å². The Morgan fingerprint density at radius 1 is 1.38 bits per heavy atom. The van der Waals surface area contributed by atoms with E-state index in [0.717, 1.165) is 0 Å². The smallest absolute Gasteiger partial charge is 0.307 e. The van der Waals surface area contributed by atoms with Crippen LogP contribution in [0.25, 0.3) is 0 Å². The van der Waals surface area contributed by atoms with E-state index in [2.05, 4.69) is 5.32 Å². The van der Waals surface area contributed by atoms with Gasteiger partial charge in [0.25, 0.3) is 0 Å². The van der Waals surface area contributed by atoms with Crippen LogP contribution in [0.4, 0.5) is 4.39 Å². The van der Waals surface area contributed by atoms with Crippen molar-refractivity contribution in [2.45, 2.75) is 37.3 Å². The fraction of sp³-hybridized carbons (Fsp3) is 0.769. The summed E-state index contributed by atoms with van der Waals surface area (Å²) < 4.78 is 13.3. The third-order valence-corrected chi connectivity index (χ3v) is 4.55. The molecule has 6 unspecified atom stereocenters. The summed E-state index contributed by atoms with van der Waals surface area (Å²) in [6.07, 6.45) is -0.410. The van der Waals surface area contributed by atoms with Crippen LogP contribution in [0.15, 0.2) is 0 Å². The first-order chi connectivity index (χ1) is 10.0. The number of carbonyl (C=O) groups excluding carboxylic acids is 1. The number of halogens is 1. The zero-order valence-corrected chi connectivity index (χ0v) is 11.4. The van der Waals surface area contributed by atoms with E-state index >= 15 is 0 Å². The number of nitrogens with zero attached hydrogens (tertiary/aromatic N) is 3. The highest BCUT2D eigenvalue weighted by atomic mass is 19.1. The normalized spacial score (nSPS) is 40.7. The summed E-state index contributed by atoms with van der Waals surface area (Å²) in [5.41, 5.74) is 0. The maximum Gasteiger partial charge on any atom is 0.307 e. The average molecular weight is 296 g/mol. The Morgan fingerprint density at radius 2 is 2.14 bits per heavy atom. The molecule has 3 aliphatic heterocycles. The van der Waals surface area contributed by atoms with Gasteiger partial charge >= 0.3 is 5.97 Å². The maximum absolute atomic E-state index is 13.3. The number of amides is 1. The molecule has 3 saturated heterocycles. The van der Waals surface area contributed by atoms with Crippen molar-refractivity contribution < 1.29 is 19.1 Å². The van der Waals surface area contributed by atoms with Gasteiger partial charge in [-0.05, 0) is 6.42 Å². The number of fused-ring (bicyclic) bond motifs is 1. The van der Waals surface area contributed by atoms with Gasteiger partial charge in [-0.25, -0.2) is 4.39 Å². The Bertz CT molecular complexity index is 496. The third kappa shape index (κ3) is 2.59. The van der Waals surface area contributed by atoms with E-state index < -0.39 is 18.2 Å². The van der Waals surface area contributed by atoms with E-state index in [1.165, 1.54) is 4.90 Å². The zero-order chi connectivity index (χ0) is 15.1. The summed E-state index contributed by atoms with van der Waals surface area (Å²) >= 11 is 0. The van der Waals surface area contributed by atoms with Crippen LogP contribution in [-0.2, 0) is 9.59 Å². The van der Waals surface area contributed by atoms with Crippen molar-refractivity contribution in [3.63, 3.8) is 0 Å². The van der Waals surface area contributed by atoms with E-state index in [-0.39, 0.29) is 43.5 Å². The van der Waals surface area contributed by atoms with Crippen LogP contribution in [0, 0.1) is 17.2 Å². The van der Waals surface area contributed by atoms with Gasteiger partial charge in [-0.2, -0.15) is 5.26 Å². The number of likely N-dealkylation sites (tertiary alicyclic amines) is 1. The molecular weight excluding hydrogens is 279 g/mol. The maximum atomic E-state index is 13.3. The van der Waals surface area contributed by atoms with E-state index in [0.29, 0.717) is 13.0 Å². The molecule has 0 bridgehead atoms. The highest BCUT2D eigenvalue weighted by molar-refractivity contribution is 5.79. The highest BCUT2D eigenvalue weighted by Crippen LogP contribution is 2.39. The largest absolute Gasteiger partial charge is 0.481 e. The molecule has 1 amide bonds. The Hall–Kier alpha value is -1.72. The minimum Gasteiger partial charge on any atom is -0.481 e. The molecule has 21 heavy (non-hydrogen) atoms. The molecule has 0 saturated carbocycles. The highest BCUT2D eigenvalue weighted by Gasteiger charge is 2.55. The van der Waals surface area contributed by atoms with E-state index in [9.17, 15) is 14.0 Å². The Balaban J connectivity index is 1.44. The minimum absolute atomic E-state index is 0.0162. The fourth-order valence-corrected chi connectivity index (χ4v) is 3.37. The van der Waals surface area contributed by atoms with Gasteiger partial charge in [-0.15, -0.1) is 0 Å². The van der Waals surface area contributed by atoms with Crippen molar-refractivity contribution in [1.82, 2.24) is 15.1 Å². The molecule has 8 heteroatoms. The predicted octanol–water partition coefficient (Wildman–Crippen LogP) is -0.847. The number of hydrogen-bond donors (Lipinski definition) is 2. The van der Waals surface area contributed by atoms with Crippen LogP contribution in [0.2, 0.25) is 0 Å². The van der Waals surface area contributed by atoms with Gasteiger partial charge in [0.1, 0.15) is 12.2 Å². The van der Waals surface area contributed by atoms with Crippen molar-refractivity contribution in [1.29, 1.82) is 5.26 Å². The lowest BCUT2D eigenvalue weighted by atomic mass is 10.1. The van der Waals surface area contributed by atoms with Gasteiger partial charge in [0.05, 0.1) is 31.2 Å². The first kappa shape index (κ1) is 14.2. The monoisotopic (exact) mass is 296 g/mol. The van der Waals surface area contributed by atoms with Gasteiger partial charge < -0.3 is 10.0 Å². The van der Waals surface area contributed by atoms with Crippen molar-refractivity contribution in [3.8, 4) is 6.07 Å². The Kier molecular flexibility index (Phi) is 3.55. The van der Waals surface area contributed by atoms with E-state index in [1.54, 1.807) is 0 Å². The SMILES string of the molecule is N#CC1CC(F)CN1C(=O)CNC1C2CC(C(=O)O)CN21. The van der Waals surface area contributed by atoms with Crippen LogP contribution in [0.1, 0.15) is 12.8 Å². The Morgan fingerprint density at radius 3 is 2.71 bits per heavy atom. The lowest BCUT2D eigenvalue weighted by Gasteiger charge is -2.19. The molecule has 3 fully saturated rings. The first-order valence-electron chi connectivity index (χ1n) is 7.06. The quantitative estimate of drug-likeness (QED) is 0.656. The number of rotatable bonds is 4. The summed E-state index contributed by atoms with van der Waals surface area (Å²) in [6.45, 7) is 0.543. The molecule has 2 N–H and O–H groups in total. The molecule has 0 aromatic carbocycles. The number of nitriles is 1. The lowest BCUT2D eigenvalue weighted by Crippen LogP contribution is -2.43. The number of carboxylic acid groups (broad SMARTS) is 1. The van der Waals surface area contributed by atoms with Crippen LogP contribution in [-0.4, -0.2) is 70.8 Å². The minimum atomic E-state index is -1.13. The number of alkyl halides is 1. The molecule has 0 radical (unpaired) electrons. The van der Waals surface area contributed by atoms with Crippen molar-refractivity contribution in [3.05, 3.63) is 0 Å². The van der Waals surface area contributed by atoms with Crippen molar-refractivity contribution >= 4 is 11.9 Å². The summed E-state index contributed by atoms with van der Waals surface area (Å²) in [5, 5.41) is 20.9. The molecule has 3 heterocycles. The number of carbonyl (C=O) groups is 2. The molecule has 7 nitrogen and oxygen atoms in total. The molecule has 114 valence electrons. The topological polar surface area (TPSA) is 96.4 Å². The van der Waals surface area contributed by atoms with Crippen molar-refractivity contribution in [2.24, 2.45) is 5.92 Å². The molecule has 0 spiro atoms. The van der Waals surface area contributed by atoms with Crippen LogP contribution >= 0.6 is 0 Å². The van der Waals surface area contributed by atoms with Crippen LogP contribution in [0.3, 0.4) is 0 Å². The molecule has 6 atom stereocenters. The third-order valence-electron chi connectivity index (χ3n) is 4.55. The summed E-state index contributed by atoms with van der Waals surface area (Å²) in [6, 6.07) is 1.45. The number of piperidine rings is 1. The average Bonchev–Trinajstić information content (AvgIpc) is 2.81. The second-order valence-electron chi connectivity index (χ2n) is 5.88. The molecule has 3 aliphatic rings. The molecule has 0 aromatic rings. The zero-order valence-electron chi connectivity index (χ0n) is 11.4. The Labute approximate surface area is 121 Å². The standard InChI is InChI=1S/C13H17FN4O3/c14-8-2-9(3-15)17(6-8)11(19)4-16-12-10-1-7(13(20)21)5-18(10)12/h7-10,12,16H,1-2,4-6H2,(H,20,21). The van der Waals surface area contributed by atoms with Gasteiger partial charge in [0.2, 0.25) is 5.91 Å². The fourth-order valence-electron chi connectivity index (χ4n) is 3.37. The van der Waals surface area contributed by atoms with Gasteiger partial charge in [-0.1, -0.05) is 0 Å².